The van der Waals surface area contributed by atoms with E-state index in [1.807, 2.05) is 25.1 Å². The molecule has 0 bridgehead atoms. The molecule has 2 aromatic rings. The number of hydrogen-bond acceptors (Lipinski definition) is 2. The first-order valence-electron chi connectivity index (χ1n) is 7.21. The van der Waals surface area contributed by atoms with E-state index in [9.17, 15) is 4.79 Å². The van der Waals surface area contributed by atoms with E-state index in [0.29, 0.717) is 6.54 Å². The number of likely N-dealkylation sites (N-methyl/N-ethyl adjacent to an activating group) is 1. The minimum Gasteiger partial charge on any atom is -0.358 e. The molecule has 0 spiro atoms. The summed E-state index contributed by atoms with van der Waals surface area (Å²) < 4.78 is 0. The Balaban J connectivity index is 1.88. The van der Waals surface area contributed by atoms with Gasteiger partial charge >= 0.3 is 0 Å². The third kappa shape index (κ3) is 2.56. The first-order valence-corrected chi connectivity index (χ1v) is 7.21. The van der Waals surface area contributed by atoms with Crippen LogP contribution in [0, 0.1) is 0 Å². The van der Waals surface area contributed by atoms with Crippen LogP contribution in [0.2, 0.25) is 0 Å². The monoisotopic (exact) mass is 271 g/mol. The number of aryl methyl sites for hydroxylation is 2. The topological polar surface area (TPSA) is 48.1 Å². The quantitative estimate of drug-likeness (QED) is 0.901. The Morgan fingerprint density at radius 1 is 1.30 bits per heavy atom. The lowest BCUT2D eigenvalue weighted by atomic mass is 9.95. The van der Waals surface area contributed by atoms with E-state index in [0.717, 1.165) is 18.5 Å². The number of nitrogens with one attached hydrogen (secondary N) is 2. The molecule has 0 fully saturated rings. The normalized spacial score (nSPS) is 14.6. The zero-order chi connectivity index (χ0) is 14.1. The highest BCUT2D eigenvalue weighted by Gasteiger charge is 2.15. The molecule has 1 heterocycles. The van der Waals surface area contributed by atoms with E-state index < -0.39 is 0 Å². The van der Waals surface area contributed by atoms with E-state index in [4.69, 9.17) is 0 Å². The maximum Gasteiger partial charge on any atom is 0.238 e. The predicted molar refractivity (Wildman–Crippen MR) is 82.1 cm³/mol. The molecule has 4 nitrogen and oxygen atoms in total. The van der Waals surface area contributed by atoms with Gasteiger partial charge in [0.1, 0.15) is 0 Å². The molecule has 4 heteroatoms. The number of fused-ring (bicyclic) bond motifs is 3. The van der Waals surface area contributed by atoms with Crippen LogP contribution in [0.15, 0.2) is 18.2 Å². The molecule has 1 amide bonds. The number of benzene rings is 1. The number of anilines is 1. The van der Waals surface area contributed by atoms with Crippen LogP contribution < -0.4 is 5.32 Å². The Hall–Kier alpha value is -1.81. The number of H-pyrrole nitrogens is 1. The van der Waals surface area contributed by atoms with Crippen molar-refractivity contribution in [2.75, 3.05) is 26.0 Å². The van der Waals surface area contributed by atoms with Gasteiger partial charge in [-0.1, -0.05) is 0 Å². The van der Waals surface area contributed by atoms with Crippen LogP contribution in [0.3, 0.4) is 0 Å². The molecule has 2 N–H and O–H groups in total. The first kappa shape index (κ1) is 13.2. The predicted octanol–water partition coefficient (Wildman–Crippen LogP) is 2.55. The molecule has 106 valence electrons. The summed E-state index contributed by atoms with van der Waals surface area (Å²) in [5, 5.41) is 4.23. The van der Waals surface area contributed by atoms with E-state index in [1.165, 1.54) is 35.0 Å². The Kier molecular flexibility index (Phi) is 3.49. The Bertz CT molecular complexity index is 642. The third-order valence-corrected chi connectivity index (χ3v) is 3.84. The van der Waals surface area contributed by atoms with Crippen LogP contribution in [0.1, 0.15) is 24.1 Å². The number of amides is 1. The second-order valence-corrected chi connectivity index (χ2v) is 5.84. The van der Waals surface area contributed by atoms with Gasteiger partial charge in [-0.2, -0.15) is 0 Å². The van der Waals surface area contributed by atoms with Crippen molar-refractivity contribution in [3.05, 3.63) is 29.5 Å². The molecule has 0 saturated heterocycles. The lowest BCUT2D eigenvalue weighted by Gasteiger charge is -2.11. The van der Waals surface area contributed by atoms with Gasteiger partial charge in [-0.05, 0) is 63.5 Å². The number of aromatic amines is 1. The molecule has 1 aromatic heterocycles. The summed E-state index contributed by atoms with van der Waals surface area (Å²) in [6.07, 6.45) is 4.82. The van der Waals surface area contributed by atoms with E-state index in [1.54, 1.807) is 0 Å². The van der Waals surface area contributed by atoms with Crippen molar-refractivity contribution in [1.82, 2.24) is 9.88 Å². The molecular formula is C16H21N3O. The van der Waals surface area contributed by atoms with Crippen LogP contribution in [-0.4, -0.2) is 36.4 Å². The Morgan fingerprint density at radius 2 is 2.10 bits per heavy atom. The third-order valence-electron chi connectivity index (χ3n) is 3.84. The summed E-state index contributed by atoms with van der Waals surface area (Å²) in [6.45, 7) is 0.406. The van der Waals surface area contributed by atoms with Crippen molar-refractivity contribution in [2.45, 2.75) is 25.7 Å². The first-order chi connectivity index (χ1) is 9.63. The van der Waals surface area contributed by atoms with Gasteiger partial charge in [-0.15, -0.1) is 0 Å². The zero-order valence-corrected chi connectivity index (χ0v) is 12.1. The van der Waals surface area contributed by atoms with Gasteiger partial charge in [-0.3, -0.25) is 4.79 Å². The largest absolute Gasteiger partial charge is 0.358 e. The summed E-state index contributed by atoms with van der Waals surface area (Å²) in [5.74, 6) is 0.0266. The summed E-state index contributed by atoms with van der Waals surface area (Å²) in [4.78, 5) is 17.2. The SMILES string of the molecule is CN(C)CC(=O)Nc1ccc2[nH]c3c(c2c1)CCCC3. The van der Waals surface area contributed by atoms with Crippen LogP contribution in [0.25, 0.3) is 10.9 Å². The summed E-state index contributed by atoms with van der Waals surface area (Å²) in [6, 6.07) is 6.14. The fraction of sp³-hybridized carbons (Fsp3) is 0.438. The second-order valence-electron chi connectivity index (χ2n) is 5.84. The Labute approximate surface area is 119 Å². The van der Waals surface area contributed by atoms with Gasteiger partial charge in [-0.25, -0.2) is 0 Å². The molecule has 1 aliphatic carbocycles. The molecule has 0 saturated carbocycles. The smallest absolute Gasteiger partial charge is 0.238 e. The van der Waals surface area contributed by atoms with E-state index in [2.05, 4.69) is 22.4 Å². The Morgan fingerprint density at radius 3 is 2.90 bits per heavy atom. The summed E-state index contributed by atoms with van der Waals surface area (Å²) in [7, 11) is 3.79. The second kappa shape index (κ2) is 5.29. The maximum atomic E-state index is 11.8. The molecule has 3 rings (SSSR count). The number of rotatable bonds is 3. The fourth-order valence-electron chi connectivity index (χ4n) is 2.97. The van der Waals surface area contributed by atoms with Crippen LogP contribution >= 0.6 is 0 Å². The van der Waals surface area contributed by atoms with Crippen LogP contribution in [0.4, 0.5) is 5.69 Å². The van der Waals surface area contributed by atoms with Gasteiger partial charge in [0.25, 0.3) is 0 Å². The molecule has 1 aromatic carbocycles. The number of aromatic nitrogens is 1. The molecule has 20 heavy (non-hydrogen) atoms. The minimum atomic E-state index is 0.0266. The average Bonchev–Trinajstić information content (AvgIpc) is 2.76. The van der Waals surface area contributed by atoms with Crippen molar-refractivity contribution < 1.29 is 4.79 Å². The van der Waals surface area contributed by atoms with Crippen LogP contribution in [-0.2, 0) is 17.6 Å². The highest BCUT2D eigenvalue weighted by atomic mass is 16.2. The van der Waals surface area contributed by atoms with Gasteiger partial charge < -0.3 is 15.2 Å². The summed E-state index contributed by atoms with van der Waals surface area (Å²) in [5.41, 5.74) is 4.89. The highest BCUT2D eigenvalue weighted by Crippen LogP contribution is 2.30. The van der Waals surface area contributed by atoms with Crippen molar-refractivity contribution in [2.24, 2.45) is 0 Å². The van der Waals surface area contributed by atoms with Gasteiger partial charge in [0.2, 0.25) is 5.91 Å². The summed E-state index contributed by atoms with van der Waals surface area (Å²) >= 11 is 0. The van der Waals surface area contributed by atoms with Gasteiger partial charge in [0.15, 0.2) is 0 Å². The van der Waals surface area contributed by atoms with Crippen molar-refractivity contribution in [1.29, 1.82) is 0 Å². The number of hydrogen-bond donors (Lipinski definition) is 2. The molecule has 0 atom stereocenters. The standard InChI is InChI=1S/C16H21N3O/c1-19(2)10-16(20)17-11-7-8-15-13(9-11)12-5-3-4-6-14(12)18-15/h7-9,18H,3-6,10H2,1-2H3,(H,17,20). The van der Waals surface area contributed by atoms with E-state index in [-0.39, 0.29) is 5.91 Å². The molecule has 1 aliphatic rings. The lowest BCUT2D eigenvalue weighted by molar-refractivity contribution is -0.116. The van der Waals surface area contributed by atoms with E-state index >= 15 is 0 Å². The van der Waals surface area contributed by atoms with Crippen molar-refractivity contribution in [3.63, 3.8) is 0 Å². The van der Waals surface area contributed by atoms with Crippen LogP contribution in [0.5, 0.6) is 0 Å². The highest BCUT2D eigenvalue weighted by molar-refractivity contribution is 5.96. The van der Waals surface area contributed by atoms with Crippen molar-refractivity contribution in [3.8, 4) is 0 Å². The average molecular weight is 271 g/mol. The molecule has 0 aliphatic heterocycles. The van der Waals surface area contributed by atoms with Gasteiger partial charge in [0.05, 0.1) is 6.54 Å². The number of nitrogens with zero attached hydrogens (tertiary/aromatic N) is 1. The lowest BCUT2D eigenvalue weighted by Crippen LogP contribution is -2.27. The molecule has 0 radical (unpaired) electrons. The van der Waals surface area contributed by atoms with Crippen molar-refractivity contribution >= 4 is 22.5 Å². The minimum absolute atomic E-state index is 0.0266. The van der Waals surface area contributed by atoms with Gasteiger partial charge in [0, 0.05) is 22.3 Å². The fourth-order valence-corrected chi connectivity index (χ4v) is 2.97. The number of carbonyl (C=O) groups is 1. The zero-order valence-electron chi connectivity index (χ0n) is 12.1. The molecule has 0 unspecified atom stereocenters. The molecular weight excluding hydrogens is 250 g/mol. The number of carbonyl (C=O) groups excluding carboxylic acids is 1. The maximum absolute atomic E-state index is 11.8.